The molecule has 0 heterocycles. The van der Waals surface area contributed by atoms with E-state index in [0.29, 0.717) is 6.42 Å². The van der Waals surface area contributed by atoms with Gasteiger partial charge in [-0.25, -0.2) is 0 Å². The summed E-state index contributed by atoms with van der Waals surface area (Å²) in [7, 11) is 0. The molecule has 0 fully saturated rings. The fourth-order valence-electron chi connectivity index (χ4n) is 0.574. The van der Waals surface area contributed by atoms with Crippen molar-refractivity contribution in [3.8, 4) is 0 Å². The molecule has 3 heteroatoms. The number of ketones is 1. The summed E-state index contributed by atoms with van der Waals surface area (Å²) >= 11 is 0. The second-order valence-corrected chi connectivity index (χ2v) is 2.32. The summed E-state index contributed by atoms with van der Waals surface area (Å²) < 4.78 is 4.71. The minimum atomic E-state index is -0.444. The zero-order valence-electron chi connectivity index (χ0n) is 7.50. The van der Waals surface area contributed by atoms with E-state index in [9.17, 15) is 9.59 Å². The maximum atomic E-state index is 10.8. The van der Waals surface area contributed by atoms with Crippen LogP contribution < -0.4 is 0 Å². The molecule has 0 bridgehead atoms. The van der Waals surface area contributed by atoms with Crippen LogP contribution in [0, 0.1) is 0 Å². The zero-order valence-corrected chi connectivity index (χ0v) is 7.50. The van der Waals surface area contributed by atoms with Crippen molar-refractivity contribution in [1.82, 2.24) is 0 Å². The molecule has 0 unspecified atom stereocenters. The van der Waals surface area contributed by atoms with Gasteiger partial charge in [0.1, 0.15) is 18.8 Å². The Balaban J connectivity index is 3.53. The summed E-state index contributed by atoms with van der Waals surface area (Å²) in [6, 6.07) is 0. The minimum absolute atomic E-state index is 0.0829. The van der Waals surface area contributed by atoms with Gasteiger partial charge in [-0.15, -0.1) is 0 Å². The average Bonchev–Trinajstić information content (AvgIpc) is 2.05. The highest BCUT2D eigenvalue weighted by atomic mass is 16.5. The highest BCUT2D eigenvalue weighted by Gasteiger charge is 2.06. The number of esters is 1. The summed E-state index contributed by atoms with van der Waals surface area (Å²) in [6.45, 7) is 3.82. The molecule has 0 atom stereocenters. The molecule has 0 N–H and O–H groups in total. The predicted octanol–water partition coefficient (Wildman–Crippen LogP) is 1.47. The first-order valence-electron chi connectivity index (χ1n) is 3.99. The van der Waals surface area contributed by atoms with Crippen molar-refractivity contribution in [2.45, 2.75) is 26.7 Å². The molecule has 0 aliphatic heterocycles. The molecule has 0 spiro atoms. The van der Waals surface area contributed by atoms with Crippen LogP contribution in [0.3, 0.4) is 0 Å². The number of hydrogen-bond acceptors (Lipinski definition) is 3. The fourth-order valence-corrected chi connectivity index (χ4v) is 0.574. The van der Waals surface area contributed by atoms with Crippen molar-refractivity contribution in [1.29, 1.82) is 0 Å². The number of rotatable bonds is 5. The first kappa shape index (κ1) is 10.9. The van der Waals surface area contributed by atoms with Gasteiger partial charge in [0, 0.05) is 6.42 Å². The van der Waals surface area contributed by atoms with Gasteiger partial charge in [0.15, 0.2) is 0 Å². The normalized spacial score (nSPS) is 10.2. The molecule has 12 heavy (non-hydrogen) atoms. The third-order valence-corrected chi connectivity index (χ3v) is 1.31. The predicted molar refractivity (Wildman–Crippen MR) is 45.7 cm³/mol. The van der Waals surface area contributed by atoms with Gasteiger partial charge in [-0.2, -0.15) is 0 Å². The van der Waals surface area contributed by atoms with Gasteiger partial charge >= 0.3 is 5.97 Å². The van der Waals surface area contributed by atoms with Crippen LogP contribution in [0.2, 0.25) is 0 Å². The Morgan fingerprint density at radius 3 is 2.58 bits per heavy atom. The second-order valence-electron chi connectivity index (χ2n) is 2.32. The number of Topliss-reactive ketones (excluding diaryl/α,β-unsaturated/α-hetero) is 1. The number of carbonyl (C=O) groups excluding carboxylic acids is 2. The summed E-state index contributed by atoms with van der Waals surface area (Å²) in [5, 5.41) is 0. The van der Waals surface area contributed by atoms with Crippen LogP contribution >= 0.6 is 0 Å². The highest BCUT2D eigenvalue weighted by molar-refractivity contribution is 5.95. The molecule has 0 aliphatic carbocycles. The third-order valence-electron chi connectivity index (χ3n) is 1.31. The molecule has 0 aromatic heterocycles. The quantitative estimate of drug-likeness (QED) is 0.356. The Kier molecular flexibility index (Phi) is 5.97. The number of hydrogen-bond donors (Lipinski definition) is 0. The van der Waals surface area contributed by atoms with E-state index in [1.54, 1.807) is 19.1 Å². The molecular weight excluding hydrogens is 156 g/mol. The lowest BCUT2D eigenvalue weighted by Crippen LogP contribution is -2.10. The number of ether oxygens (including phenoxy) is 1. The van der Waals surface area contributed by atoms with Crippen molar-refractivity contribution in [3.63, 3.8) is 0 Å². The molecule has 68 valence electrons. The van der Waals surface area contributed by atoms with E-state index in [1.165, 1.54) is 0 Å². The monoisotopic (exact) mass is 170 g/mol. The minimum Gasteiger partial charge on any atom is -0.461 e. The lowest BCUT2D eigenvalue weighted by molar-refractivity contribution is -0.144. The number of carbonyl (C=O) groups is 2. The van der Waals surface area contributed by atoms with Crippen LogP contribution in [0.25, 0.3) is 0 Å². The maximum absolute atomic E-state index is 10.8. The summed E-state index contributed by atoms with van der Waals surface area (Å²) in [4.78, 5) is 21.5. The van der Waals surface area contributed by atoms with Gasteiger partial charge in [0.2, 0.25) is 0 Å². The molecule has 3 nitrogen and oxygen atoms in total. The molecule has 0 saturated heterocycles. The van der Waals surface area contributed by atoms with Crippen LogP contribution in [0.4, 0.5) is 0 Å². The van der Waals surface area contributed by atoms with Gasteiger partial charge in [0.25, 0.3) is 0 Å². The molecule has 0 aromatic carbocycles. The molecule has 0 amide bonds. The highest BCUT2D eigenvalue weighted by Crippen LogP contribution is 1.92. The molecule has 0 radical (unpaired) electrons. The van der Waals surface area contributed by atoms with Crippen LogP contribution in [-0.4, -0.2) is 18.4 Å². The van der Waals surface area contributed by atoms with Crippen LogP contribution in [0.1, 0.15) is 26.7 Å². The summed E-state index contributed by atoms with van der Waals surface area (Å²) in [6.07, 6.45) is 3.79. The molecule has 0 aliphatic rings. The van der Waals surface area contributed by atoms with E-state index in [0.717, 1.165) is 0 Å². The molecule has 0 aromatic rings. The lowest BCUT2D eigenvalue weighted by atomic mass is 10.2. The van der Waals surface area contributed by atoms with E-state index in [1.807, 2.05) is 6.92 Å². The smallest absolute Gasteiger partial charge is 0.313 e. The Hall–Kier alpha value is -1.12. The van der Waals surface area contributed by atoms with Crippen molar-refractivity contribution in [2.24, 2.45) is 0 Å². The standard InChI is InChI=1S/C9H14O3/c1-3-5-6-12-9(11)7-8(10)4-2/h3,5H,4,6-7H2,1-2H3. The topological polar surface area (TPSA) is 43.4 Å². The fraction of sp³-hybridized carbons (Fsp3) is 0.556. The first-order chi connectivity index (χ1) is 5.70. The SMILES string of the molecule is CC=CCOC(=O)CC(=O)CC. The van der Waals surface area contributed by atoms with Crippen LogP contribution in [-0.2, 0) is 14.3 Å². The summed E-state index contributed by atoms with van der Waals surface area (Å²) in [5.41, 5.74) is 0. The van der Waals surface area contributed by atoms with Crippen molar-refractivity contribution in [2.75, 3.05) is 6.61 Å². The van der Waals surface area contributed by atoms with Gasteiger partial charge in [-0.3, -0.25) is 9.59 Å². The van der Waals surface area contributed by atoms with Gasteiger partial charge in [-0.1, -0.05) is 19.1 Å². The van der Waals surface area contributed by atoms with Crippen molar-refractivity contribution in [3.05, 3.63) is 12.2 Å². The van der Waals surface area contributed by atoms with E-state index in [2.05, 4.69) is 0 Å². The van der Waals surface area contributed by atoms with E-state index in [4.69, 9.17) is 4.74 Å². The van der Waals surface area contributed by atoms with Gasteiger partial charge < -0.3 is 4.74 Å². The van der Waals surface area contributed by atoms with E-state index >= 15 is 0 Å². The average molecular weight is 170 g/mol. The van der Waals surface area contributed by atoms with E-state index in [-0.39, 0.29) is 18.8 Å². The van der Waals surface area contributed by atoms with Gasteiger partial charge in [-0.05, 0) is 6.92 Å². The van der Waals surface area contributed by atoms with Crippen LogP contribution in [0.5, 0.6) is 0 Å². The van der Waals surface area contributed by atoms with Crippen molar-refractivity contribution < 1.29 is 14.3 Å². The Bertz CT molecular complexity index is 182. The molecule has 0 rings (SSSR count). The Morgan fingerprint density at radius 1 is 1.42 bits per heavy atom. The largest absolute Gasteiger partial charge is 0.461 e. The molecular formula is C9H14O3. The number of allylic oxidation sites excluding steroid dienone is 1. The second kappa shape index (κ2) is 6.58. The maximum Gasteiger partial charge on any atom is 0.313 e. The Labute approximate surface area is 72.4 Å². The van der Waals surface area contributed by atoms with Gasteiger partial charge in [0.05, 0.1) is 0 Å². The van der Waals surface area contributed by atoms with E-state index < -0.39 is 5.97 Å². The Morgan fingerprint density at radius 2 is 2.08 bits per heavy atom. The van der Waals surface area contributed by atoms with Crippen LogP contribution in [0.15, 0.2) is 12.2 Å². The first-order valence-corrected chi connectivity index (χ1v) is 3.99. The third kappa shape index (κ3) is 5.65. The summed E-state index contributed by atoms with van der Waals surface area (Å²) in [5.74, 6) is -0.527. The molecule has 0 saturated carbocycles. The zero-order chi connectivity index (χ0) is 9.40. The lowest BCUT2D eigenvalue weighted by Gasteiger charge is -1.98. The van der Waals surface area contributed by atoms with Crippen molar-refractivity contribution >= 4 is 11.8 Å².